The first-order valence-corrected chi connectivity index (χ1v) is 10.8. The monoisotopic (exact) mass is 378 g/mol. The first kappa shape index (κ1) is 18.0. The SMILES string of the molecule is N#Cc1ccc(C2=C(c3ccc(S(N)(=O)=O)cc3)CC3(CCCC3)C2)cc1. The molecule has 0 aliphatic heterocycles. The maximum atomic E-state index is 11.6. The molecular formula is C22H22N2O2S. The van der Waals surface area contributed by atoms with E-state index in [9.17, 15) is 8.42 Å². The molecule has 4 rings (SSSR count). The van der Waals surface area contributed by atoms with Crippen molar-refractivity contribution in [1.82, 2.24) is 0 Å². The van der Waals surface area contributed by atoms with Crippen molar-refractivity contribution in [2.24, 2.45) is 10.6 Å². The van der Waals surface area contributed by atoms with Gasteiger partial charge in [-0.15, -0.1) is 0 Å². The second kappa shape index (κ2) is 6.63. The lowest BCUT2D eigenvalue weighted by Crippen LogP contribution is -2.12. The van der Waals surface area contributed by atoms with E-state index < -0.39 is 10.0 Å². The fourth-order valence-electron chi connectivity index (χ4n) is 4.65. The minimum Gasteiger partial charge on any atom is -0.225 e. The van der Waals surface area contributed by atoms with E-state index in [0.29, 0.717) is 11.0 Å². The number of hydrogen-bond donors (Lipinski definition) is 1. The summed E-state index contributed by atoms with van der Waals surface area (Å²) in [4.78, 5) is 0.139. The quantitative estimate of drug-likeness (QED) is 0.855. The van der Waals surface area contributed by atoms with E-state index in [0.717, 1.165) is 24.0 Å². The summed E-state index contributed by atoms with van der Waals surface area (Å²) in [6.07, 6.45) is 7.11. The lowest BCUT2D eigenvalue weighted by atomic mass is 9.81. The zero-order valence-electron chi connectivity index (χ0n) is 15.1. The van der Waals surface area contributed by atoms with Crippen LogP contribution >= 0.6 is 0 Å². The summed E-state index contributed by atoms with van der Waals surface area (Å²) in [5.41, 5.74) is 5.82. The summed E-state index contributed by atoms with van der Waals surface area (Å²) >= 11 is 0. The number of primary sulfonamides is 1. The second-order valence-electron chi connectivity index (χ2n) is 7.78. The second-order valence-corrected chi connectivity index (χ2v) is 9.34. The Labute approximate surface area is 160 Å². The molecule has 0 radical (unpaired) electrons. The molecule has 0 aromatic heterocycles. The Morgan fingerprint density at radius 1 is 0.852 bits per heavy atom. The Morgan fingerprint density at radius 2 is 1.33 bits per heavy atom. The van der Waals surface area contributed by atoms with E-state index in [1.165, 1.54) is 36.8 Å². The Bertz CT molecular complexity index is 1040. The third-order valence-corrected chi connectivity index (χ3v) is 6.96. The van der Waals surface area contributed by atoms with Crippen LogP contribution in [0.15, 0.2) is 53.4 Å². The summed E-state index contributed by atoms with van der Waals surface area (Å²) in [6.45, 7) is 0. The molecule has 1 saturated carbocycles. The van der Waals surface area contributed by atoms with E-state index in [1.807, 2.05) is 36.4 Å². The molecule has 2 aromatic carbocycles. The molecule has 0 unspecified atom stereocenters. The Balaban J connectivity index is 1.77. The molecule has 1 spiro atoms. The van der Waals surface area contributed by atoms with Gasteiger partial charge in [-0.2, -0.15) is 5.26 Å². The van der Waals surface area contributed by atoms with Crippen molar-refractivity contribution in [3.05, 3.63) is 65.2 Å². The van der Waals surface area contributed by atoms with E-state index in [4.69, 9.17) is 10.4 Å². The van der Waals surface area contributed by atoms with E-state index in [2.05, 4.69) is 6.07 Å². The van der Waals surface area contributed by atoms with Gasteiger partial charge in [0.25, 0.3) is 0 Å². The molecule has 2 N–H and O–H groups in total. The molecule has 2 aromatic rings. The smallest absolute Gasteiger partial charge is 0.225 e. The van der Waals surface area contributed by atoms with Crippen LogP contribution in [0.25, 0.3) is 11.1 Å². The molecule has 2 aliphatic carbocycles. The van der Waals surface area contributed by atoms with Gasteiger partial charge in [0.1, 0.15) is 0 Å². The molecule has 138 valence electrons. The summed E-state index contributed by atoms with van der Waals surface area (Å²) in [6, 6.07) is 16.9. The van der Waals surface area contributed by atoms with Gasteiger partial charge in [0.15, 0.2) is 0 Å². The van der Waals surface area contributed by atoms with Crippen molar-refractivity contribution < 1.29 is 8.42 Å². The number of hydrogen-bond acceptors (Lipinski definition) is 3. The van der Waals surface area contributed by atoms with Gasteiger partial charge in [-0.3, -0.25) is 0 Å². The van der Waals surface area contributed by atoms with Crippen LogP contribution in [0.3, 0.4) is 0 Å². The summed E-state index contributed by atoms with van der Waals surface area (Å²) < 4.78 is 23.1. The van der Waals surface area contributed by atoms with Crippen LogP contribution in [0.4, 0.5) is 0 Å². The van der Waals surface area contributed by atoms with Crippen LogP contribution in [0.1, 0.15) is 55.2 Å². The predicted octanol–water partition coefficient (Wildman–Crippen LogP) is 4.47. The number of rotatable bonds is 3. The molecule has 4 nitrogen and oxygen atoms in total. The van der Waals surface area contributed by atoms with Crippen molar-refractivity contribution in [3.8, 4) is 6.07 Å². The number of nitrogens with two attached hydrogens (primary N) is 1. The molecular weight excluding hydrogens is 356 g/mol. The highest BCUT2D eigenvalue weighted by Gasteiger charge is 2.41. The number of benzene rings is 2. The average molecular weight is 378 g/mol. The first-order valence-electron chi connectivity index (χ1n) is 9.26. The van der Waals surface area contributed by atoms with Crippen LogP contribution in [-0.2, 0) is 10.0 Å². The highest BCUT2D eigenvalue weighted by atomic mass is 32.2. The minimum atomic E-state index is -3.69. The summed E-state index contributed by atoms with van der Waals surface area (Å²) in [5.74, 6) is 0. The number of nitrogens with zero attached hydrogens (tertiary/aromatic N) is 1. The van der Waals surface area contributed by atoms with E-state index in [1.54, 1.807) is 12.1 Å². The third kappa shape index (κ3) is 3.43. The fraction of sp³-hybridized carbons (Fsp3) is 0.318. The van der Waals surface area contributed by atoms with Gasteiger partial charge in [0.2, 0.25) is 10.0 Å². The molecule has 2 aliphatic rings. The van der Waals surface area contributed by atoms with Crippen molar-refractivity contribution in [2.45, 2.75) is 43.4 Å². The molecule has 0 atom stereocenters. The first-order chi connectivity index (χ1) is 12.9. The van der Waals surface area contributed by atoms with Gasteiger partial charge >= 0.3 is 0 Å². The van der Waals surface area contributed by atoms with Crippen LogP contribution < -0.4 is 5.14 Å². The zero-order chi connectivity index (χ0) is 19.1. The molecule has 0 amide bonds. The molecule has 1 fully saturated rings. The highest BCUT2D eigenvalue weighted by Crippen LogP contribution is 2.57. The van der Waals surface area contributed by atoms with E-state index >= 15 is 0 Å². The zero-order valence-corrected chi connectivity index (χ0v) is 15.9. The number of sulfonamides is 1. The van der Waals surface area contributed by atoms with E-state index in [-0.39, 0.29) is 4.90 Å². The molecule has 5 heteroatoms. The molecule has 0 saturated heterocycles. The maximum Gasteiger partial charge on any atom is 0.238 e. The lowest BCUT2D eigenvalue weighted by Gasteiger charge is -2.23. The standard InChI is InChI=1S/C22H22N2O2S/c23-15-16-3-5-17(6-4-16)20-13-22(11-1-2-12-22)14-21(20)18-7-9-19(10-8-18)27(24,25)26/h3-10H,1-2,11-14H2,(H2,24,25,26). The normalized spacial score (nSPS) is 18.8. The van der Waals surface area contributed by atoms with Gasteiger partial charge in [0, 0.05) is 0 Å². The average Bonchev–Trinajstić information content (AvgIpc) is 3.28. The largest absolute Gasteiger partial charge is 0.238 e. The van der Waals surface area contributed by atoms with Crippen molar-refractivity contribution in [3.63, 3.8) is 0 Å². The van der Waals surface area contributed by atoms with Crippen molar-refractivity contribution in [1.29, 1.82) is 5.26 Å². The summed E-state index contributed by atoms with van der Waals surface area (Å²) in [7, 11) is -3.69. The van der Waals surface area contributed by atoms with Crippen molar-refractivity contribution in [2.75, 3.05) is 0 Å². The number of allylic oxidation sites excluding steroid dienone is 2. The van der Waals surface area contributed by atoms with Gasteiger partial charge in [0.05, 0.1) is 16.5 Å². The molecule has 0 heterocycles. The Morgan fingerprint density at radius 3 is 1.78 bits per heavy atom. The van der Waals surface area contributed by atoms with Crippen LogP contribution in [0, 0.1) is 16.7 Å². The highest BCUT2D eigenvalue weighted by molar-refractivity contribution is 7.89. The Kier molecular flexibility index (Phi) is 4.41. The van der Waals surface area contributed by atoms with Crippen molar-refractivity contribution >= 4 is 21.2 Å². The fourth-order valence-corrected chi connectivity index (χ4v) is 5.16. The third-order valence-electron chi connectivity index (χ3n) is 6.03. The van der Waals surface area contributed by atoms with Crippen LogP contribution in [0.5, 0.6) is 0 Å². The Hall–Kier alpha value is -2.42. The summed E-state index contributed by atoms with van der Waals surface area (Å²) in [5, 5.41) is 14.3. The number of nitriles is 1. The molecule has 0 bridgehead atoms. The van der Waals surface area contributed by atoms with Crippen LogP contribution in [0.2, 0.25) is 0 Å². The minimum absolute atomic E-state index is 0.139. The van der Waals surface area contributed by atoms with Gasteiger partial charge in [-0.25, -0.2) is 13.6 Å². The predicted molar refractivity (Wildman–Crippen MR) is 106 cm³/mol. The topological polar surface area (TPSA) is 83.9 Å². The maximum absolute atomic E-state index is 11.6. The van der Waals surface area contributed by atoms with Gasteiger partial charge in [-0.1, -0.05) is 37.1 Å². The van der Waals surface area contributed by atoms with Gasteiger partial charge < -0.3 is 0 Å². The van der Waals surface area contributed by atoms with Gasteiger partial charge in [-0.05, 0) is 77.6 Å². The lowest BCUT2D eigenvalue weighted by molar-refractivity contribution is 0.330. The molecule has 27 heavy (non-hydrogen) atoms. The van der Waals surface area contributed by atoms with Crippen LogP contribution in [-0.4, -0.2) is 8.42 Å².